The Hall–Kier alpha value is -2.87. The number of aliphatic hydroxyl groups excluding tert-OH is 2. The van der Waals surface area contributed by atoms with Crippen LogP contribution >= 0.6 is 7.75 Å². The Balaban J connectivity index is 1.79. The number of aromatic nitrogens is 2. The number of esters is 1. The summed E-state index contributed by atoms with van der Waals surface area (Å²) in [5, 5.41) is 22.4. The van der Waals surface area contributed by atoms with Gasteiger partial charge in [0.25, 0.3) is 11.4 Å². The summed E-state index contributed by atoms with van der Waals surface area (Å²) < 4.78 is 51.9. The summed E-state index contributed by atoms with van der Waals surface area (Å²) in [5.74, 6) is -3.78. The fraction of sp³-hybridized carbons (Fsp3) is 0.560. The molecule has 2 aromatic rings. The van der Waals surface area contributed by atoms with Crippen LogP contribution in [0.25, 0.3) is 0 Å². The zero-order valence-electron chi connectivity index (χ0n) is 22.2. The number of ether oxygens (including phenoxy) is 2. The van der Waals surface area contributed by atoms with E-state index in [-0.39, 0.29) is 11.9 Å². The number of hydrogen-bond acceptors (Lipinski definition) is 10. The lowest BCUT2D eigenvalue weighted by Gasteiger charge is -2.33. The molecule has 1 aromatic heterocycles. The van der Waals surface area contributed by atoms with Crippen LogP contribution in [0.15, 0.2) is 52.2 Å². The predicted octanol–water partition coefficient (Wildman–Crippen LogP) is 2.15. The molecule has 1 saturated carbocycles. The molecule has 0 radical (unpaired) electrons. The lowest BCUT2D eigenvalue weighted by Crippen LogP contribution is -2.48. The molecule has 40 heavy (non-hydrogen) atoms. The summed E-state index contributed by atoms with van der Waals surface area (Å²) in [6, 6.07) is 7.54. The number of para-hydroxylation sites is 1. The Morgan fingerprint density at radius 1 is 1.20 bits per heavy atom. The van der Waals surface area contributed by atoms with Gasteiger partial charge in [-0.2, -0.15) is 5.09 Å². The number of nitrogens with zero attached hydrogens (tertiary/aromatic N) is 1. The van der Waals surface area contributed by atoms with Crippen LogP contribution in [0.5, 0.6) is 5.75 Å². The van der Waals surface area contributed by atoms with Gasteiger partial charge in [0.1, 0.15) is 30.6 Å². The molecule has 15 heteroatoms. The Labute approximate surface area is 229 Å². The highest BCUT2D eigenvalue weighted by Gasteiger charge is 2.44. The monoisotopic (exact) mass is 587 g/mol. The Morgan fingerprint density at radius 3 is 2.48 bits per heavy atom. The molecule has 0 aliphatic heterocycles. The van der Waals surface area contributed by atoms with Crippen LogP contribution in [0, 0.1) is 0 Å². The molecule has 0 amide bonds. The largest absolute Gasteiger partial charge is 0.461 e. The molecule has 222 valence electrons. The third-order valence-corrected chi connectivity index (χ3v) is 7.84. The first kappa shape index (κ1) is 31.7. The van der Waals surface area contributed by atoms with Crippen molar-refractivity contribution >= 4 is 13.7 Å². The average molecular weight is 588 g/mol. The smallest absolute Gasteiger partial charge is 0.459 e. The van der Waals surface area contributed by atoms with E-state index in [1.54, 1.807) is 18.2 Å². The molecule has 0 bridgehead atoms. The van der Waals surface area contributed by atoms with E-state index in [0.717, 1.165) is 38.4 Å². The van der Waals surface area contributed by atoms with Crippen molar-refractivity contribution < 1.29 is 42.5 Å². The van der Waals surface area contributed by atoms with Gasteiger partial charge in [-0.3, -0.25) is 23.7 Å². The van der Waals surface area contributed by atoms with E-state index in [1.807, 2.05) is 4.98 Å². The van der Waals surface area contributed by atoms with E-state index in [4.69, 9.17) is 18.5 Å². The maximum atomic E-state index is 15.9. The first-order valence-corrected chi connectivity index (χ1v) is 14.4. The number of aliphatic hydroxyl groups is 2. The van der Waals surface area contributed by atoms with Gasteiger partial charge in [-0.25, -0.2) is 13.8 Å². The minimum Gasteiger partial charge on any atom is -0.461 e. The molecule has 13 nitrogen and oxygen atoms in total. The summed E-state index contributed by atoms with van der Waals surface area (Å²) in [5.41, 5.74) is -1.74. The van der Waals surface area contributed by atoms with Crippen molar-refractivity contribution in [1.82, 2.24) is 14.6 Å². The highest BCUT2D eigenvalue weighted by Crippen LogP contribution is 2.46. The highest BCUT2D eigenvalue weighted by molar-refractivity contribution is 7.52. The molecule has 5 atom stereocenters. The summed E-state index contributed by atoms with van der Waals surface area (Å²) in [4.78, 5) is 38.1. The molecule has 3 rings (SSSR count). The first-order chi connectivity index (χ1) is 18.9. The minimum absolute atomic E-state index is 0.0710. The number of carbonyl (C=O) groups excluding carboxylic acids is 1. The number of benzene rings is 1. The van der Waals surface area contributed by atoms with Gasteiger partial charge >= 0.3 is 19.4 Å². The number of rotatable bonds is 14. The zero-order chi connectivity index (χ0) is 29.3. The Morgan fingerprint density at radius 2 is 1.88 bits per heavy atom. The van der Waals surface area contributed by atoms with Crippen LogP contribution in [-0.2, 0) is 23.4 Å². The molecule has 2 unspecified atom stereocenters. The summed E-state index contributed by atoms with van der Waals surface area (Å²) >= 11 is 0. The average Bonchev–Trinajstić information content (AvgIpc) is 2.92. The van der Waals surface area contributed by atoms with Crippen LogP contribution in [0.2, 0.25) is 0 Å². The topological polar surface area (TPSA) is 178 Å². The predicted molar refractivity (Wildman–Crippen MR) is 140 cm³/mol. The fourth-order valence-electron chi connectivity index (χ4n) is 3.94. The van der Waals surface area contributed by atoms with Crippen LogP contribution in [-0.4, -0.2) is 63.1 Å². The molecule has 0 saturated heterocycles. The van der Waals surface area contributed by atoms with Crippen molar-refractivity contribution in [2.45, 2.75) is 76.3 Å². The summed E-state index contributed by atoms with van der Waals surface area (Å²) in [7, 11) is -4.54. The van der Waals surface area contributed by atoms with Crippen molar-refractivity contribution in [2.75, 3.05) is 13.2 Å². The van der Waals surface area contributed by atoms with Crippen molar-refractivity contribution in [2.24, 2.45) is 0 Å². The SMILES string of the molecule is CC(NP(=O)(OC[C@@](F)(O[C@H](CO)n1ccc(=O)[nH]c1=O)[C@H](C)O)Oc1ccccc1)C(=O)OC1CCCCC1. The van der Waals surface area contributed by atoms with E-state index < -0.39 is 62.4 Å². The van der Waals surface area contributed by atoms with Gasteiger partial charge in [-0.1, -0.05) is 24.6 Å². The Bertz CT molecular complexity index is 1270. The highest BCUT2D eigenvalue weighted by atomic mass is 31.2. The second-order valence-electron chi connectivity index (χ2n) is 9.46. The second-order valence-corrected chi connectivity index (χ2v) is 11.2. The normalized spacial score (nSPS) is 19.5. The van der Waals surface area contributed by atoms with Crippen LogP contribution in [0.1, 0.15) is 52.2 Å². The molecule has 0 spiro atoms. The third kappa shape index (κ3) is 8.82. The van der Waals surface area contributed by atoms with Gasteiger partial charge in [-0.05, 0) is 51.7 Å². The number of halogens is 1. The number of alkyl halides is 1. The molecule has 1 heterocycles. The number of aromatic amines is 1. The van der Waals surface area contributed by atoms with Gasteiger partial charge in [-0.15, -0.1) is 0 Å². The molecule has 1 fully saturated rings. The fourth-order valence-corrected chi connectivity index (χ4v) is 5.44. The van der Waals surface area contributed by atoms with Gasteiger partial charge in [0.15, 0.2) is 6.23 Å². The number of nitrogens with one attached hydrogen (secondary N) is 2. The van der Waals surface area contributed by atoms with Crippen molar-refractivity contribution in [3.05, 3.63) is 63.4 Å². The minimum atomic E-state index is -4.54. The molecule has 1 aliphatic rings. The van der Waals surface area contributed by atoms with Crippen LogP contribution in [0.4, 0.5) is 4.39 Å². The third-order valence-electron chi connectivity index (χ3n) is 6.21. The van der Waals surface area contributed by atoms with E-state index in [1.165, 1.54) is 19.1 Å². The van der Waals surface area contributed by atoms with Crippen molar-refractivity contribution in [3.8, 4) is 5.75 Å². The van der Waals surface area contributed by atoms with Crippen LogP contribution < -0.4 is 20.9 Å². The zero-order valence-corrected chi connectivity index (χ0v) is 23.1. The van der Waals surface area contributed by atoms with Gasteiger partial charge < -0.3 is 24.2 Å². The number of carbonyl (C=O) groups is 1. The number of hydrogen-bond donors (Lipinski definition) is 4. The summed E-state index contributed by atoms with van der Waals surface area (Å²) in [6.07, 6.45) is 1.40. The van der Waals surface area contributed by atoms with Crippen LogP contribution in [0.3, 0.4) is 0 Å². The molecule has 1 aromatic carbocycles. The van der Waals surface area contributed by atoms with E-state index in [2.05, 4.69) is 5.09 Å². The lowest BCUT2D eigenvalue weighted by molar-refractivity contribution is -0.264. The maximum absolute atomic E-state index is 15.9. The lowest BCUT2D eigenvalue weighted by atomic mass is 9.98. The Kier molecular flexibility index (Phi) is 11.2. The quantitative estimate of drug-likeness (QED) is 0.188. The molecular weight excluding hydrogens is 552 g/mol. The second kappa shape index (κ2) is 14.2. The van der Waals surface area contributed by atoms with Crippen molar-refractivity contribution in [1.29, 1.82) is 0 Å². The maximum Gasteiger partial charge on any atom is 0.459 e. The van der Waals surface area contributed by atoms with Gasteiger partial charge in [0.05, 0.1) is 6.61 Å². The van der Waals surface area contributed by atoms with E-state index in [0.29, 0.717) is 17.4 Å². The van der Waals surface area contributed by atoms with Gasteiger partial charge in [0, 0.05) is 12.3 Å². The number of H-pyrrole nitrogens is 1. The van der Waals surface area contributed by atoms with Crippen molar-refractivity contribution in [3.63, 3.8) is 0 Å². The molecular formula is C25H35FN3O10P. The van der Waals surface area contributed by atoms with Gasteiger partial charge in [0.2, 0.25) is 0 Å². The summed E-state index contributed by atoms with van der Waals surface area (Å²) in [6.45, 7) is 0.230. The van der Waals surface area contributed by atoms with E-state index >= 15 is 4.39 Å². The molecule has 4 N–H and O–H groups in total. The van der Waals surface area contributed by atoms with E-state index in [9.17, 15) is 29.2 Å². The first-order valence-electron chi connectivity index (χ1n) is 12.9. The standard InChI is InChI=1S/C25H35FN3O10P/c1-17(23(33)37-19-9-5-3-6-10-19)28-40(35,39-20-11-7-4-8-12-20)36-16-25(26,18(2)31)38-22(15-30)29-14-13-21(32)27-24(29)34/h4,7-8,11-14,17-19,22,30-31H,3,5-6,9-10,15-16H2,1-2H3,(H,28,35)(H,27,32,34)/t17?,18-,22+,25+,40?/m0/s1. The molecule has 1 aliphatic carbocycles.